The molecule has 0 spiro atoms. The highest BCUT2D eigenvalue weighted by atomic mass is 79.9. The molecule has 0 radical (unpaired) electrons. The van der Waals surface area contributed by atoms with Crippen LogP contribution in [0.1, 0.15) is 166 Å². The Hall–Kier alpha value is -8.24. The third-order valence-electron chi connectivity index (χ3n) is 15.1. The van der Waals surface area contributed by atoms with Crippen LogP contribution >= 0.6 is 118 Å². The standard InChI is InChI=1S/2C26H24Br2N2O6.C24H22Br2N2O6S2/c1-25(2,3)35-23(33)29-17-11-13(27)7-9-15(17)21(31)19(29)20-22(32)16-10-8-14(28)12-18(16)30(20)24(34)36-26(4,5)6;1-25(2,3)35-23(33)29-17-11-13(27)7-9-15(17)19(21(29)31)20-16-10-8-14(28)12-18(16)30(22(20)32)24(34)36-26(4,5)6;1-23(2,3)33-21(31)27-17(11-7-9-13(25)35-11)15-16(19(27)29)18(12-8-10-14(26)36-12)28(20(15)30)22(32)34-24(4,5)6/h2*7-12H,1-6H3;7-10H,1-6H3/b2*20-19+;. The molecule has 12 rings (SSSR count). The molecule has 108 heavy (non-hydrogen) atoms. The van der Waals surface area contributed by atoms with E-state index >= 15 is 0 Å². The molecule has 2 aromatic heterocycles. The number of rotatable bonds is 2. The number of amides is 10. The molecule has 4 aromatic carbocycles. The average molecular weight is 1900 g/mol. The fraction of sp³-hybridized carbons (Fsp3) is 0.316. The predicted octanol–water partition coefficient (Wildman–Crippen LogP) is 20.7. The number of imide groups is 4. The molecule has 6 aliphatic heterocycles. The monoisotopic (exact) mass is 1890 g/mol. The molecule has 10 amide bonds. The van der Waals surface area contributed by atoms with Gasteiger partial charge in [0.1, 0.15) is 45.0 Å². The number of fused-ring (bicyclic) bond motifs is 5. The number of hydrogen-bond donors (Lipinski definition) is 0. The van der Waals surface area contributed by atoms with E-state index in [1.807, 2.05) is 0 Å². The summed E-state index contributed by atoms with van der Waals surface area (Å²) < 4.78 is 37.1. The van der Waals surface area contributed by atoms with Crippen molar-refractivity contribution in [1.82, 2.24) is 9.80 Å². The number of thiophene rings is 2. The van der Waals surface area contributed by atoms with E-state index in [-0.39, 0.29) is 79.0 Å². The molecule has 32 heteroatoms. The van der Waals surface area contributed by atoms with Crippen LogP contribution in [0.15, 0.2) is 145 Å². The largest absolute Gasteiger partial charge is 0.443 e. The third kappa shape index (κ3) is 17.0. The summed E-state index contributed by atoms with van der Waals surface area (Å²) >= 11 is 22.8. The van der Waals surface area contributed by atoms with Gasteiger partial charge in [-0.1, -0.05) is 75.9 Å². The topological polar surface area (TPSA) is 280 Å². The van der Waals surface area contributed by atoms with E-state index in [4.69, 9.17) is 28.4 Å². The summed E-state index contributed by atoms with van der Waals surface area (Å²) in [5.41, 5.74) is -3.60. The summed E-state index contributed by atoms with van der Waals surface area (Å²) in [6.07, 6.45) is -5.27. The van der Waals surface area contributed by atoms with Crippen molar-refractivity contribution in [2.24, 2.45) is 0 Å². The molecule has 0 atom stereocenters. The van der Waals surface area contributed by atoms with Crippen LogP contribution in [0.3, 0.4) is 0 Å². The molecule has 6 aromatic rings. The normalized spacial score (nSPS) is 17.0. The van der Waals surface area contributed by atoms with Gasteiger partial charge < -0.3 is 28.4 Å². The zero-order chi connectivity index (χ0) is 80.2. The van der Waals surface area contributed by atoms with Crippen LogP contribution in [0.4, 0.5) is 51.5 Å². The molecule has 0 aliphatic carbocycles. The molecule has 0 saturated heterocycles. The second-order valence-electron chi connectivity index (χ2n) is 30.5. The van der Waals surface area contributed by atoms with Gasteiger partial charge in [0.25, 0.3) is 23.6 Å². The number of carbonyl (C=O) groups excluding carboxylic acids is 12. The van der Waals surface area contributed by atoms with Crippen LogP contribution in [0, 0.1) is 0 Å². The first-order valence-electron chi connectivity index (χ1n) is 32.9. The first kappa shape index (κ1) is 82.3. The van der Waals surface area contributed by atoms with E-state index in [0.717, 1.165) is 37.0 Å². The van der Waals surface area contributed by atoms with Crippen LogP contribution in [0.2, 0.25) is 0 Å². The zero-order valence-corrected chi connectivity index (χ0v) is 72.5. The van der Waals surface area contributed by atoms with Crippen molar-refractivity contribution in [2.75, 3.05) is 19.6 Å². The maximum Gasteiger partial charge on any atom is 0.422 e. The average Bonchev–Trinajstić information content (AvgIpc) is 1.33. The minimum atomic E-state index is -0.912. The Morgan fingerprint density at radius 3 is 0.741 bits per heavy atom. The summed E-state index contributed by atoms with van der Waals surface area (Å²) in [7, 11) is 0. The summed E-state index contributed by atoms with van der Waals surface area (Å²) in [6, 6.07) is 26.4. The van der Waals surface area contributed by atoms with E-state index in [1.165, 1.54) is 22.7 Å². The SMILES string of the molecule is CC(C)(C)OC(=O)N1/C(=C2\C(=O)c3ccc(Br)cc3N2C(=O)OC(C)(C)C)C(=O)c2ccc(Br)cc21.CC(C)(C)OC(=O)N1C(=O)/C(=C2/C(=O)N(C(=O)OC(C)(C)C)c3cc(Br)ccc32)c2ccc(Br)cc21.CC(C)(C)OC(=O)N1C(=O)C2=C(c3ccc(Br)s3)N(C(=O)OC(C)(C)C)C(=O)C2=C1c1ccc(Br)s1. The number of ketones is 2. The number of allylic oxidation sites excluding steroid dienone is 2. The molecule has 6 aliphatic rings. The van der Waals surface area contributed by atoms with Gasteiger partial charge >= 0.3 is 36.6 Å². The van der Waals surface area contributed by atoms with Gasteiger partial charge in [0.2, 0.25) is 11.6 Å². The molecule has 566 valence electrons. The van der Waals surface area contributed by atoms with Crippen LogP contribution in [-0.2, 0) is 47.6 Å². The van der Waals surface area contributed by atoms with Crippen molar-refractivity contribution in [3.05, 3.63) is 177 Å². The number of benzene rings is 4. The Labute approximate surface area is 680 Å². The number of Topliss-reactive ketones (excluding diaryl/α,β-unsaturated/α-hetero) is 2. The van der Waals surface area contributed by atoms with Crippen molar-refractivity contribution in [3.8, 4) is 0 Å². The van der Waals surface area contributed by atoms with E-state index in [2.05, 4.69) is 95.6 Å². The van der Waals surface area contributed by atoms with Crippen LogP contribution < -0.4 is 19.6 Å². The molecule has 0 N–H and O–H groups in total. The first-order chi connectivity index (χ1) is 49.8. The van der Waals surface area contributed by atoms with E-state index in [0.29, 0.717) is 38.8 Å². The molecule has 0 unspecified atom stereocenters. The van der Waals surface area contributed by atoms with Gasteiger partial charge in [0.05, 0.1) is 73.8 Å². The van der Waals surface area contributed by atoms with Crippen molar-refractivity contribution < 1.29 is 86.0 Å². The Morgan fingerprint density at radius 1 is 0.278 bits per heavy atom. The van der Waals surface area contributed by atoms with Gasteiger partial charge in [-0.05, 0) is 241 Å². The number of nitrogens with zero attached hydrogens (tertiary/aromatic N) is 6. The highest BCUT2D eigenvalue weighted by Gasteiger charge is 2.56. The van der Waals surface area contributed by atoms with Crippen molar-refractivity contribution >= 4 is 235 Å². The zero-order valence-electron chi connectivity index (χ0n) is 61.4. The summed E-state index contributed by atoms with van der Waals surface area (Å²) in [6.45, 7) is 30.4. The maximum absolute atomic E-state index is 13.9. The van der Waals surface area contributed by atoms with Gasteiger partial charge in [-0.2, -0.15) is 0 Å². The second-order valence-corrected chi connectivity index (χ2v) is 39.1. The summed E-state index contributed by atoms with van der Waals surface area (Å²) in [5.74, 6) is -4.13. The Kier molecular flexibility index (Phi) is 22.8. The van der Waals surface area contributed by atoms with E-state index in [1.54, 1.807) is 222 Å². The molecule has 0 bridgehead atoms. The molecule has 24 nitrogen and oxygen atoms in total. The number of halogens is 6. The summed E-state index contributed by atoms with van der Waals surface area (Å²) in [5, 5.41) is 0. The molecule has 8 heterocycles. The molecule has 0 fully saturated rings. The fourth-order valence-corrected chi connectivity index (χ4v) is 15.7. The van der Waals surface area contributed by atoms with Gasteiger partial charge in [-0.25, -0.2) is 58.2 Å². The van der Waals surface area contributed by atoms with Crippen LogP contribution in [-0.4, -0.2) is 115 Å². The first-order valence-corrected chi connectivity index (χ1v) is 39.3. The molecular weight excluding hydrogens is 1830 g/mol. The summed E-state index contributed by atoms with van der Waals surface area (Å²) in [4.78, 5) is 169. The van der Waals surface area contributed by atoms with Crippen molar-refractivity contribution in [2.45, 2.75) is 158 Å². The molecule has 0 saturated carbocycles. The highest BCUT2D eigenvalue weighted by Crippen LogP contribution is 2.53. The van der Waals surface area contributed by atoms with Crippen molar-refractivity contribution in [3.63, 3.8) is 0 Å². The third-order valence-corrected chi connectivity index (χ3v) is 20.3. The minimum absolute atomic E-state index is 0.00277. The van der Waals surface area contributed by atoms with Crippen LogP contribution in [0.5, 0.6) is 0 Å². The minimum Gasteiger partial charge on any atom is -0.443 e. The Morgan fingerprint density at radius 2 is 0.500 bits per heavy atom. The van der Waals surface area contributed by atoms with Gasteiger partial charge in [0.15, 0.2) is 0 Å². The second kappa shape index (κ2) is 29.9. The highest BCUT2D eigenvalue weighted by molar-refractivity contribution is 9.11. The van der Waals surface area contributed by atoms with Crippen LogP contribution in [0.25, 0.3) is 22.5 Å². The Balaban J connectivity index is 0.000000173. The number of carbonyl (C=O) groups is 12. The number of ether oxygens (including phenoxy) is 6. The lowest BCUT2D eigenvalue weighted by molar-refractivity contribution is -0.123. The lowest BCUT2D eigenvalue weighted by Crippen LogP contribution is -2.40. The Bertz CT molecular complexity index is 4790. The van der Waals surface area contributed by atoms with E-state index in [9.17, 15) is 57.5 Å². The number of anilines is 4. The van der Waals surface area contributed by atoms with Crippen molar-refractivity contribution in [1.29, 1.82) is 0 Å². The van der Waals surface area contributed by atoms with Gasteiger partial charge in [-0.15, -0.1) is 22.7 Å². The molecular formula is C76H70Br6N6O18S2. The lowest BCUT2D eigenvalue weighted by Gasteiger charge is -2.28. The predicted molar refractivity (Wildman–Crippen MR) is 428 cm³/mol. The van der Waals surface area contributed by atoms with E-state index < -0.39 is 105 Å². The van der Waals surface area contributed by atoms with Gasteiger partial charge in [0, 0.05) is 40.1 Å². The maximum atomic E-state index is 13.9. The quantitative estimate of drug-likeness (QED) is 0.115. The number of hydrogen-bond acceptors (Lipinski definition) is 20. The lowest BCUT2D eigenvalue weighted by atomic mass is 9.96. The van der Waals surface area contributed by atoms with Gasteiger partial charge in [-0.3, -0.25) is 28.8 Å². The fourth-order valence-electron chi connectivity index (χ4n) is 11.4. The smallest absolute Gasteiger partial charge is 0.422 e.